The number of hydrogen-bond acceptors (Lipinski definition) is 6. The molecule has 9 nitrogen and oxygen atoms in total. The second-order valence-electron chi connectivity index (χ2n) is 9.93. The van der Waals surface area contributed by atoms with Gasteiger partial charge in [-0.05, 0) is 48.0 Å². The zero-order valence-corrected chi connectivity index (χ0v) is 24.0. The van der Waals surface area contributed by atoms with Gasteiger partial charge >= 0.3 is 5.97 Å². The number of H-pyrrole nitrogens is 1. The number of amides is 2. The maximum Gasteiger partial charge on any atom is 0.326 e. The Morgan fingerprint density at radius 1 is 0.864 bits per heavy atom. The van der Waals surface area contributed by atoms with Crippen molar-refractivity contribution in [1.29, 1.82) is 0 Å². The molecule has 0 fully saturated rings. The van der Waals surface area contributed by atoms with E-state index in [2.05, 4.69) is 20.6 Å². The molecule has 6 aromatic rings. The van der Waals surface area contributed by atoms with Gasteiger partial charge in [0.05, 0.1) is 6.20 Å². The number of ether oxygens (including phenoxy) is 1. The van der Waals surface area contributed by atoms with E-state index >= 15 is 0 Å². The minimum Gasteiger partial charge on any atom is -0.480 e. The molecule has 6 rings (SSSR count). The highest BCUT2D eigenvalue weighted by atomic mass is 32.1. The summed E-state index contributed by atoms with van der Waals surface area (Å²) in [5, 5.41) is 16.8. The molecule has 2 amide bonds. The molecule has 0 aliphatic carbocycles. The Bertz CT molecular complexity index is 1950. The number of para-hydroxylation sites is 2. The Kier molecular flexibility index (Phi) is 8.15. The fourth-order valence-electron chi connectivity index (χ4n) is 4.69. The van der Waals surface area contributed by atoms with Gasteiger partial charge in [0.2, 0.25) is 0 Å². The van der Waals surface area contributed by atoms with Crippen LogP contribution < -0.4 is 15.4 Å². The van der Waals surface area contributed by atoms with Crippen LogP contribution in [0.25, 0.3) is 21.5 Å². The lowest BCUT2D eigenvalue weighted by atomic mass is 10.0. The number of thiazole rings is 1. The lowest BCUT2D eigenvalue weighted by Crippen LogP contribution is -2.42. The van der Waals surface area contributed by atoms with Gasteiger partial charge in [-0.15, -0.1) is 11.3 Å². The average molecular weight is 603 g/mol. The molecule has 0 saturated heterocycles. The summed E-state index contributed by atoms with van der Waals surface area (Å²) in [6.07, 6.45) is 3.40. The van der Waals surface area contributed by atoms with E-state index in [0.717, 1.165) is 22.0 Å². The third-order valence-electron chi connectivity index (χ3n) is 6.90. The fourth-order valence-corrected chi connectivity index (χ4v) is 5.51. The van der Waals surface area contributed by atoms with Crippen LogP contribution in [0.3, 0.4) is 0 Å². The molecule has 0 radical (unpaired) electrons. The van der Waals surface area contributed by atoms with Gasteiger partial charge in [-0.1, -0.05) is 54.6 Å². The number of carboxylic acids is 1. The Hall–Kier alpha value is -5.74. The lowest BCUT2D eigenvalue weighted by molar-refractivity contribution is -0.139. The summed E-state index contributed by atoms with van der Waals surface area (Å²) in [4.78, 5) is 45.8. The van der Waals surface area contributed by atoms with Gasteiger partial charge in [0.25, 0.3) is 11.8 Å². The van der Waals surface area contributed by atoms with Crippen molar-refractivity contribution in [3.8, 4) is 22.1 Å². The predicted octanol–water partition coefficient (Wildman–Crippen LogP) is 6.76. The molecule has 0 unspecified atom stereocenters. The lowest BCUT2D eigenvalue weighted by Gasteiger charge is -2.14. The summed E-state index contributed by atoms with van der Waals surface area (Å²) in [6.45, 7) is 0. The number of hydrogen-bond donors (Lipinski definition) is 4. The molecule has 2 aromatic heterocycles. The Labute approximate surface area is 256 Å². The quantitative estimate of drug-likeness (QED) is 0.137. The van der Waals surface area contributed by atoms with E-state index in [9.17, 15) is 19.5 Å². The van der Waals surface area contributed by atoms with Gasteiger partial charge in [-0.25, -0.2) is 9.78 Å². The number of fused-ring (bicyclic) bond motifs is 1. The number of benzene rings is 4. The zero-order chi connectivity index (χ0) is 30.5. The molecule has 0 aliphatic heterocycles. The minimum absolute atomic E-state index is 0.136. The normalized spacial score (nSPS) is 11.5. The van der Waals surface area contributed by atoms with Crippen molar-refractivity contribution in [2.24, 2.45) is 0 Å². The van der Waals surface area contributed by atoms with E-state index in [0.29, 0.717) is 32.6 Å². The highest BCUT2D eigenvalue weighted by Gasteiger charge is 2.23. The van der Waals surface area contributed by atoms with E-state index in [1.807, 2.05) is 60.7 Å². The van der Waals surface area contributed by atoms with Gasteiger partial charge in [0.15, 0.2) is 0 Å². The molecule has 10 heteroatoms. The second kappa shape index (κ2) is 12.6. The molecule has 4 N–H and O–H groups in total. The molecule has 0 aliphatic rings. The number of nitrogens with zero attached hydrogens (tertiary/aromatic N) is 1. The fraction of sp³-hybridized carbons (Fsp3) is 0.0588. The molecule has 2 heterocycles. The molecule has 218 valence electrons. The van der Waals surface area contributed by atoms with Crippen LogP contribution in [0.5, 0.6) is 11.5 Å². The van der Waals surface area contributed by atoms with Crippen molar-refractivity contribution in [1.82, 2.24) is 15.3 Å². The van der Waals surface area contributed by atoms with E-state index < -0.39 is 17.9 Å². The molecule has 0 saturated carbocycles. The van der Waals surface area contributed by atoms with E-state index in [1.165, 1.54) is 17.5 Å². The van der Waals surface area contributed by atoms with Crippen molar-refractivity contribution < 1.29 is 24.2 Å². The average Bonchev–Trinajstić information content (AvgIpc) is 3.70. The van der Waals surface area contributed by atoms with Gasteiger partial charge in [0.1, 0.15) is 27.4 Å². The Morgan fingerprint density at radius 2 is 1.61 bits per heavy atom. The summed E-state index contributed by atoms with van der Waals surface area (Å²) in [5.74, 6) is -0.642. The molecule has 44 heavy (non-hydrogen) atoms. The topological polar surface area (TPSA) is 133 Å². The van der Waals surface area contributed by atoms with Crippen LogP contribution in [0, 0.1) is 0 Å². The van der Waals surface area contributed by atoms with E-state index in [-0.39, 0.29) is 12.3 Å². The van der Waals surface area contributed by atoms with Crippen molar-refractivity contribution in [2.75, 3.05) is 5.32 Å². The maximum absolute atomic E-state index is 12.9. The smallest absolute Gasteiger partial charge is 0.326 e. The largest absolute Gasteiger partial charge is 0.480 e. The zero-order valence-electron chi connectivity index (χ0n) is 23.2. The molecule has 1 atom stereocenters. The number of carboxylic acid groups (broad SMARTS) is 1. The van der Waals surface area contributed by atoms with Crippen LogP contribution in [0.4, 0.5) is 5.69 Å². The second-order valence-corrected chi connectivity index (χ2v) is 11.0. The highest BCUT2D eigenvalue weighted by Crippen LogP contribution is 2.28. The first-order valence-corrected chi connectivity index (χ1v) is 14.5. The van der Waals surface area contributed by atoms with Crippen molar-refractivity contribution in [3.05, 3.63) is 132 Å². The van der Waals surface area contributed by atoms with Crippen LogP contribution in [0.2, 0.25) is 0 Å². The number of anilines is 1. The van der Waals surface area contributed by atoms with E-state index in [4.69, 9.17) is 4.74 Å². The van der Waals surface area contributed by atoms with E-state index in [1.54, 1.807) is 48.7 Å². The first-order valence-electron chi connectivity index (χ1n) is 13.7. The van der Waals surface area contributed by atoms with Crippen molar-refractivity contribution in [2.45, 2.75) is 12.5 Å². The van der Waals surface area contributed by atoms with Crippen molar-refractivity contribution in [3.63, 3.8) is 0 Å². The predicted molar refractivity (Wildman–Crippen MR) is 169 cm³/mol. The monoisotopic (exact) mass is 602 g/mol. The number of aliphatic carboxylic acids is 1. The van der Waals surface area contributed by atoms with Crippen LogP contribution in [-0.4, -0.2) is 38.9 Å². The number of aromatic nitrogens is 2. The highest BCUT2D eigenvalue weighted by molar-refractivity contribution is 7.17. The van der Waals surface area contributed by atoms with Crippen LogP contribution in [0.15, 0.2) is 116 Å². The molecule has 0 spiro atoms. The number of nitrogens with one attached hydrogen (secondary N) is 3. The SMILES string of the molecule is O=C(N[C@@H](Cc1c[nH]c2ccccc12)C(=O)O)c1ccc(-c2ncc(C(=O)Nc3cccc(Oc4ccccc4)c3)s2)cc1. The van der Waals surface area contributed by atoms with Crippen LogP contribution >= 0.6 is 11.3 Å². The Morgan fingerprint density at radius 3 is 2.41 bits per heavy atom. The number of rotatable bonds is 10. The first-order chi connectivity index (χ1) is 21.4. The summed E-state index contributed by atoms with van der Waals surface area (Å²) in [5.41, 5.74) is 3.32. The number of aromatic amines is 1. The number of carbonyl (C=O) groups is 3. The summed E-state index contributed by atoms with van der Waals surface area (Å²) in [6, 6.07) is 29.6. The number of carbonyl (C=O) groups excluding carboxylic acids is 2. The third-order valence-corrected chi connectivity index (χ3v) is 7.94. The van der Waals surface area contributed by atoms with Gasteiger partial charge in [-0.2, -0.15) is 0 Å². The summed E-state index contributed by atoms with van der Waals surface area (Å²) in [7, 11) is 0. The summed E-state index contributed by atoms with van der Waals surface area (Å²) >= 11 is 1.22. The molecular formula is C34H26N4O5S. The van der Waals surface area contributed by atoms with Crippen LogP contribution in [0.1, 0.15) is 25.6 Å². The standard InChI is InChI=1S/C34H26N4O5S/c39-31(38-29(34(41)42)17-23-19-35-28-12-5-4-11-27(23)28)21-13-15-22(16-14-21)33-36-20-30(44-33)32(40)37-24-7-6-10-26(18-24)43-25-8-2-1-3-9-25/h1-16,18-20,29,35H,17H2,(H,37,40)(H,38,39)(H,41,42)/t29-/m0/s1. The van der Waals surface area contributed by atoms with Crippen molar-refractivity contribution >= 4 is 45.7 Å². The van der Waals surface area contributed by atoms with Crippen LogP contribution in [-0.2, 0) is 11.2 Å². The molecule has 0 bridgehead atoms. The maximum atomic E-state index is 12.9. The summed E-state index contributed by atoms with van der Waals surface area (Å²) < 4.78 is 5.85. The molecule has 4 aromatic carbocycles. The first kappa shape index (κ1) is 28.4. The third kappa shape index (κ3) is 6.50. The minimum atomic E-state index is -1.12. The van der Waals surface area contributed by atoms with Gasteiger partial charge in [-0.3, -0.25) is 9.59 Å². The van der Waals surface area contributed by atoms with Gasteiger partial charge in [0, 0.05) is 46.4 Å². The Balaban J connectivity index is 1.08. The molecular weight excluding hydrogens is 576 g/mol. The van der Waals surface area contributed by atoms with Gasteiger partial charge < -0.3 is 25.5 Å².